The number of amides is 2. The van der Waals surface area contributed by atoms with Gasteiger partial charge in [-0.25, -0.2) is 4.79 Å². The first kappa shape index (κ1) is 34.1. The summed E-state index contributed by atoms with van der Waals surface area (Å²) in [5, 5.41) is 3.02. The first-order chi connectivity index (χ1) is 21.7. The number of ether oxygens (including phenoxy) is 5. The molecule has 1 saturated heterocycles. The zero-order valence-electron chi connectivity index (χ0n) is 26.9. The van der Waals surface area contributed by atoms with Crippen LogP contribution in [0.4, 0.5) is 4.79 Å². The molecule has 0 spiro atoms. The van der Waals surface area contributed by atoms with Crippen LogP contribution in [-0.2, 0) is 48.3 Å². The van der Waals surface area contributed by atoms with Crippen molar-refractivity contribution in [2.45, 2.75) is 90.6 Å². The fraction of sp³-hybridized carbons (Fsp3) is 0.444. The average molecular weight is 619 g/mol. The van der Waals surface area contributed by atoms with Crippen molar-refractivity contribution in [3.63, 3.8) is 0 Å². The van der Waals surface area contributed by atoms with Crippen molar-refractivity contribution in [2.75, 3.05) is 13.2 Å². The van der Waals surface area contributed by atoms with Gasteiger partial charge in [0, 0.05) is 13.5 Å². The second-order valence-corrected chi connectivity index (χ2v) is 12.1. The minimum Gasteiger partial charge on any atom is -0.444 e. The number of likely N-dealkylation sites (tertiary alicyclic amines) is 1. The van der Waals surface area contributed by atoms with E-state index in [1.165, 1.54) is 11.8 Å². The van der Waals surface area contributed by atoms with Gasteiger partial charge in [0.25, 0.3) is 0 Å². The third-order valence-corrected chi connectivity index (χ3v) is 7.28. The Hall–Kier alpha value is -3.76. The number of hydrogen-bond acceptors (Lipinski definition) is 7. The average Bonchev–Trinajstić information content (AvgIpc) is 3.01. The van der Waals surface area contributed by atoms with E-state index in [4.69, 9.17) is 23.7 Å². The number of nitrogens with zero attached hydrogens (tertiary/aromatic N) is 1. The van der Waals surface area contributed by atoms with Crippen molar-refractivity contribution in [1.82, 2.24) is 10.2 Å². The van der Waals surface area contributed by atoms with Crippen LogP contribution in [0.5, 0.6) is 0 Å². The summed E-state index contributed by atoms with van der Waals surface area (Å²) in [7, 11) is 0. The molecule has 4 rings (SSSR count). The Bertz CT molecular complexity index is 1320. The molecule has 1 aliphatic rings. The second kappa shape index (κ2) is 16.5. The van der Waals surface area contributed by atoms with Gasteiger partial charge < -0.3 is 29.0 Å². The van der Waals surface area contributed by atoms with Crippen molar-refractivity contribution in [2.24, 2.45) is 0 Å². The summed E-state index contributed by atoms with van der Waals surface area (Å²) in [4.78, 5) is 28.2. The number of carbonyl (C=O) groups is 2. The van der Waals surface area contributed by atoms with Gasteiger partial charge in [0.2, 0.25) is 5.91 Å². The van der Waals surface area contributed by atoms with Crippen molar-refractivity contribution in [3.8, 4) is 0 Å². The summed E-state index contributed by atoms with van der Waals surface area (Å²) in [6, 6.07) is 27.9. The van der Waals surface area contributed by atoms with Crippen LogP contribution in [-0.4, -0.2) is 66.2 Å². The second-order valence-electron chi connectivity index (χ2n) is 12.1. The molecule has 3 aromatic rings. The third-order valence-electron chi connectivity index (χ3n) is 7.28. The van der Waals surface area contributed by atoms with E-state index in [0.717, 1.165) is 16.7 Å². The minimum atomic E-state index is -0.920. The van der Waals surface area contributed by atoms with Gasteiger partial charge in [0.05, 0.1) is 32.5 Å². The molecule has 0 aromatic heterocycles. The van der Waals surface area contributed by atoms with E-state index >= 15 is 0 Å². The van der Waals surface area contributed by atoms with E-state index in [0.29, 0.717) is 6.61 Å². The van der Waals surface area contributed by atoms with Gasteiger partial charge in [-0.3, -0.25) is 9.69 Å². The maximum Gasteiger partial charge on any atom is 0.412 e. The summed E-state index contributed by atoms with van der Waals surface area (Å²) in [5.74, 6) is -0.289. The lowest BCUT2D eigenvalue weighted by molar-refractivity contribution is -0.222. The molecular formula is C36H46N2O7. The first-order valence-corrected chi connectivity index (χ1v) is 15.5. The number of benzene rings is 3. The Morgan fingerprint density at radius 3 is 1.69 bits per heavy atom. The zero-order valence-corrected chi connectivity index (χ0v) is 26.9. The third kappa shape index (κ3) is 10.1. The van der Waals surface area contributed by atoms with Crippen LogP contribution in [0.2, 0.25) is 0 Å². The highest BCUT2D eigenvalue weighted by Crippen LogP contribution is 2.33. The van der Waals surface area contributed by atoms with Gasteiger partial charge in [-0.2, -0.15) is 0 Å². The highest BCUT2D eigenvalue weighted by Gasteiger charge is 2.54. The summed E-state index contributed by atoms with van der Waals surface area (Å²) in [6.07, 6.45) is -2.96. The van der Waals surface area contributed by atoms with Crippen LogP contribution in [0.1, 0.15) is 51.3 Å². The monoisotopic (exact) mass is 618 g/mol. The molecule has 3 aromatic carbocycles. The summed E-state index contributed by atoms with van der Waals surface area (Å²) in [5.41, 5.74) is 2.12. The van der Waals surface area contributed by atoms with E-state index < -0.39 is 42.2 Å². The fourth-order valence-electron chi connectivity index (χ4n) is 5.39. The molecule has 2 amide bonds. The highest BCUT2D eigenvalue weighted by atomic mass is 16.6. The SMILES string of the molecule is CCOC1[C@H](NC(C)=O)[C@@H](OCc2ccccc2)[C@H](OCc2ccccc2)[C@@H](COCc2ccccc2)N1C(=O)OC(C)(C)C. The fourth-order valence-corrected chi connectivity index (χ4v) is 5.39. The van der Waals surface area contributed by atoms with Gasteiger partial charge in [0.1, 0.15) is 23.9 Å². The smallest absolute Gasteiger partial charge is 0.412 e. The van der Waals surface area contributed by atoms with Crippen molar-refractivity contribution < 1.29 is 33.3 Å². The molecule has 9 heteroatoms. The molecule has 9 nitrogen and oxygen atoms in total. The van der Waals surface area contributed by atoms with Crippen LogP contribution in [0, 0.1) is 0 Å². The molecule has 0 aliphatic carbocycles. The van der Waals surface area contributed by atoms with Gasteiger partial charge in [-0.05, 0) is 44.4 Å². The largest absolute Gasteiger partial charge is 0.444 e. The lowest BCUT2D eigenvalue weighted by Crippen LogP contribution is -2.74. The highest BCUT2D eigenvalue weighted by molar-refractivity contribution is 5.74. The van der Waals surface area contributed by atoms with Crippen LogP contribution in [0.25, 0.3) is 0 Å². The Morgan fingerprint density at radius 1 is 0.733 bits per heavy atom. The maximum absolute atomic E-state index is 14.0. The molecule has 1 fully saturated rings. The van der Waals surface area contributed by atoms with Crippen LogP contribution >= 0.6 is 0 Å². The van der Waals surface area contributed by atoms with Gasteiger partial charge in [-0.15, -0.1) is 0 Å². The normalized spacial score (nSPS) is 21.7. The topological polar surface area (TPSA) is 95.6 Å². The summed E-state index contributed by atoms with van der Waals surface area (Å²) in [6.45, 7) is 9.93. The van der Waals surface area contributed by atoms with Crippen molar-refractivity contribution in [1.29, 1.82) is 0 Å². The molecule has 242 valence electrons. The van der Waals surface area contributed by atoms with E-state index in [2.05, 4.69) is 5.32 Å². The van der Waals surface area contributed by atoms with Crippen LogP contribution < -0.4 is 5.32 Å². The van der Waals surface area contributed by atoms with E-state index in [9.17, 15) is 9.59 Å². The zero-order chi connectivity index (χ0) is 32.2. The quantitative estimate of drug-likeness (QED) is 0.256. The number of piperidine rings is 1. The Labute approximate surface area is 266 Å². The standard InChI is InChI=1S/C36H46N2O7/c1-6-42-34-31(37-26(2)39)33(44-24-29-20-14-9-15-21-29)32(43-23-28-18-12-8-13-19-28)30(38(34)35(40)45-36(3,4)5)25-41-22-27-16-10-7-11-17-27/h7-21,30-34H,6,22-25H2,1-5H3,(H,37,39)/t30-,31-,32-,33-,34?/m1/s1. The lowest BCUT2D eigenvalue weighted by atomic mass is 9.90. The Kier molecular flexibility index (Phi) is 12.5. The van der Waals surface area contributed by atoms with Crippen LogP contribution in [0.15, 0.2) is 91.0 Å². The number of hydrogen-bond donors (Lipinski definition) is 1. The number of rotatable bonds is 13. The van der Waals surface area contributed by atoms with Crippen LogP contribution in [0.3, 0.4) is 0 Å². The van der Waals surface area contributed by atoms with E-state index in [1.807, 2.05) is 119 Å². The molecule has 0 saturated carbocycles. The number of carbonyl (C=O) groups excluding carboxylic acids is 2. The lowest BCUT2D eigenvalue weighted by Gasteiger charge is -2.52. The Morgan fingerprint density at radius 2 is 1.22 bits per heavy atom. The molecule has 1 heterocycles. The predicted octanol–water partition coefficient (Wildman–Crippen LogP) is 5.86. The van der Waals surface area contributed by atoms with Gasteiger partial charge in [-0.1, -0.05) is 91.0 Å². The molecule has 1 aliphatic heterocycles. The van der Waals surface area contributed by atoms with Crippen molar-refractivity contribution in [3.05, 3.63) is 108 Å². The molecule has 0 radical (unpaired) electrons. The molecule has 45 heavy (non-hydrogen) atoms. The molecule has 0 bridgehead atoms. The first-order valence-electron chi connectivity index (χ1n) is 15.5. The number of nitrogens with one attached hydrogen (secondary N) is 1. The van der Waals surface area contributed by atoms with E-state index in [1.54, 1.807) is 0 Å². The maximum atomic E-state index is 14.0. The van der Waals surface area contributed by atoms with E-state index in [-0.39, 0.29) is 32.3 Å². The minimum absolute atomic E-state index is 0.106. The van der Waals surface area contributed by atoms with Crippen molar-refractivity contribution >= 4 is 12.0 Å². The van der Waals surface area contributed by atoms with Gasteiger partial charge in [0.15, 0.2) is 6.23 Å². The Balaban J connectivity index is 1.76. The summed E-state index contributed by atoms with van der Waals surface area (Å²) < 4.78 is 31.8. The predicted molar refractivity (Wildman–Crippen MR) is 171 cm³/mol. The molecule has 1 N–H and O–H groups in total. The molecule has 1 unspecified atom stereocenters. The summed E-state index contributed by atoms with van der Waals surface area (Å²) >= 11 is 0. The van der Waals surface area contributed by atoms with Gasteiger partial charge >= 0.3 is 6.09 Å². The molecule has 5 atom stereocenters. The molecular weight excluding hydrogens is 572 g/mol.